The number of alkyl halides is 3. The Morgan fingerprint density at radius 2 is 1.64 bits per heavy atom. The predicted octanol–water partition coefficient (Wildman–Crippen LogP) is 5.79. The molecular formula is C15H8Cl3F3N2OS. The summed E-state index contributed by atoms with van der Waals surface area (Å²) in [7, 11) is 0. The van der Waals surface area contributed by atoms with E-state index in [4.69, 9.17) is 47.0 Å². The Hall–Kier alpha value is -1.54. The van der Waals surface area contributed by atoms with E-state index in [0.29, 0.717) is 0 Å². The van der Waals surface area contributed by atoms with E-state index in [-0.39, 0.29) is 31.4 Å². The van der Waals surface area contributed by atoms with Gasteiger partial charge in [-0.05, 0) is 48.6 Å². The van der Waals surface area contributed by atoms with Crippen molar-refractivity contribution in [3.05, 3.63) is 62.6 Å². The largest absolute Gasteiger partial charge is 0.416 e. The molecular weight excluding hydrogens is 420 g/mol. The standard InChI is InChI=1S/C15H8Cl3F3N2OS/c16-9-3-1-7(5-10(9)17)13(24)23-14(25)22-12-4-2-8(6-11(12)18)15(19,20)21/h1-6H,(H2,22,23,24,25). The lowest BCUT2D eigenvalue weighted by Crippen LogP contribution is -2.34. The highest BCUT2D eigenvalue weighted by Crippen LogP contribution is 2.33. The lowest BCUT2D eigenvalue weighted by Gasteiger charge is -2.13. The molecule has 0 saturated carbocycles. The highest BCUT2D eigenvalue weighted by atomic mass is 35.5. The van der Waals surface area contributed by atoms with Crippen LogP contribution in [0.15, 0.2) is 36.4 Å². The van der Waals surface area contributed by atoms with Crippen LogP contribution in [-0.4, -0.2) is 11.0 Å². The number of thiocarbonyl (C=S) groups is 1. The molecule has 2 rings (SSSR count). The van der Waals surface area contributed by atoms with Crippen LogP contribution in [0.25, 0.3) is 0 Å². The van der Waals surface area contributed by atoms with Gasteiger partial charge in [0, 0.05) is 5.56 Å². The Morgan fingerprint density at radius 1 is 0.960 bits per heavy atom. The van der Waals surface area contributed by atoms with Crippen molar-refractivity contribution < 1.29 is 18.0 Å². The fourth-order valence-corrected chi connectivity index (χ4v) is 2.49. The zero-order valence-corrected chi connectivity index (χ0v) is 15.1. The van der Waals surface area contributed by atoms with E-state index < -0.39 is 17.6 Å². The summed E-state index contributed by atoms with van der Waals surface area (Å²) in [6.45, 7) is 0. The molecule has 0 unspecified atom stereocenters. The molecule has 1 amide bonds. The quantitative estimate of drug-likeness (QED) is 0.596. The van der Waals surface area contributed by atoms with Crippen molar-refractivity contribution in [1.29, 1.82) is 0 Å². The highest BCUT2D eigenvalue weighted by molar-refractivity contribution is 7.80. The average Bonchev–Trinajstić information content (AvgIpc) is 2.50. The topological polar surface area (TPSA) is 41.1 Å². The number of halogens is 6. The molecule has 0 bridgehead atoms. The Kier molecular flexibility index (Phi) is 6.16. The fourth-order valence-electron chi connectivity index (χ4n) is 1.76. The summed E-state index contributed by atoms with van der Waals surface area (Å²) in [5, 5.41) is 5.07. The smallest absolute Gasteiger partial charge is 0.331 e. The minimum atomic E-state index is -4.51. The molecule has 0 heterocycles. The van der Waals surface area contributed by atoms with E-state index in [9.17, 15) is 18.0 Å². The molecule has 2 N–H and O–H groups in total. The number of amides is 1. The first-order valence-corrected chi connectivity index (χ1v) is 8.06. The van der Waals surface area contributed by atoms with Crippen molar-refractivity contribution in [1.82, 2.24) is 5.32 Å². The third kappa shape index (κ3) is 5.22. The molecule has 0 saturated heterocycles. The highest BCUT2D eigenvalue weighted by Gasteiger charge is 2.30. The summed E-state index contributed by atoms with van der Waals surface area (Å²) in [4.78, 5) is 12.1. The van der Waals surface area contributed by atoms with Gasteiger partial charge in [-0.2, -0.15) is 13.2 Å². The van der Waals surface area contributed by atoms with Crippen LogP contribution >= 0.6 is 47.0 Å². The first kappa shape index (κ1) is 19.8. The number of carbonyl (C=O) groups is 1. The first-order chi connectivity index (χ1) is 11.6. The second kappa shape index (κ2) is 7.78. The van der Waals surface area contributed by atoms with Crippen LogP contribution in [0.1, 0.15) is 15.9 Å². The third-order valence-corrected chi connectivity index (χ3v) is 4.21. The number of benzene rings is 2. The van der Waals surface area contributed by atoms with Crippen molar-refractivity contribution >= 4 is 63.7 Å². The van der Waals surface area contributed by atoms with Crippen LogP contribution in [0.3, 0.4) is 0 Å². The van der Waals surface area contributed by atoms with Crippen molar-refractivity contribution in [2.75, 3.05) is 5.32 Å². The summed E-state index contributed by atoms with van der Waals surface area (Å²) in [6, 6.07) is 6.96. The number of carbonyl (C=O) groups excluding carboxylic acids is 1. The number of nitrogens with one attached hydrogen (secondary N) is 2. The van der Waals surface area contributed by atoms with Gasteiger partial charge < -0.3 is 5.32 Å². The summed E-state index contributed by atoms with van der Waals surface area (Å²) in [5.41, 5.74) is -0.569. The van der Waals surface area contributed by atoms with Crippen LogP contribution in [0.5, 0.6) is 0 Å². The molecule has 25 heavy (non-hydrogen) atoms. The maximum Gasteiger partial charge on any atom is 0.416 e. The van der Waals surface area contributed by atoms with E-state index in [2.05, 4.69) is 10.6 Å². The van der Waals surface area contributed by atoms with Gasteiger partial charge >= 0.3 is 6.18 Å². The molecule has 0 aliphatic carbocycles. The average molecular weight is 428 g/mol. The molecule has 3 nitrogen and oxygen atoms in total. The van der Waals surface area contributed by atoms with Crippen LogP contribution in [0, 0.1) is 0 Å². The Morgan fingerprint density at radius 3 is 2.20 bits per heavy atom. The van der Waals surface area contributed by atoms with Gasteiger partial charge in [-0.25, -0.2) is 0 Å². The van der Waals surface area contributed by atoms with Gasteiger partial charge in [-0.3, -0.25) is 10.1 Å². The van der Waals surface area contributed by atoms with Crippen molar-refractivity contribution in [3.8, 4) is 0 Å². The molecule has 0 fully saturated rings. The summed E-state index contributed by atoms with van der Waals surface area (Å²) < 4.78 is 37.8. The monoisotopic (exact) mass is 426 g/mol. The van der Waals surface area contributed by atoms with Crippen LogP contribution in [-0.2, 0) is 6.18 Å². The number of hydrogen-bond acceptors (Lipinski definition) is 2. The van der Waals surface area contributed by atoms with Crippen LogP contribution in [0.4, 0.5) is 18.9 Å². The normalized spacial score (nSPS) is 11.1. The van der Waals surface area contributed by atoms with Crippen molar-refractivity contribution in [2.45, 2.75) is 6.18 Å². The zero-order chi connectivity index (χ0) is 18.8. The second-order valence-corrected chi connectivity index (χ2v) is 6.36. The summed E-state index contributed by atoms with van der Waals surface area (Å²) in [6.07, 6.45) is -4.51. The molecule has 0 atom stereocenters. The van der Waals surface area contributed by atoms with Gasteiger partial charge in [0.05, 0.1) is 26.3 Å². The van der Waals surface area contributed by atoms with Gasteiger partial charge in [-0.15, -0.1) is 0 Å². The van der Waals surface area contributed by atoms with Gasteiger partial charge in [0.2, 0.25) is 0 Å². The number of hydrogen-bond donors (Lipinski definition) is 2. The molecule has 132 valence electrons. The Labute approximate surface area is 161 Å². The molecule has 0 aliphatic heterocycles. The minimum absolute atomic E-state index is 0.120. The van der Waals surface area contributed by atoms with Gasteiger partial charge in [0.15, 0.2) is 5.11 Å². The zero-order valence-electron chi connectivity index (χ0n) is 12.0. The van der Waals surface area contributed by atoms with Crippen molar-refractivity contribution in [2.24, 2.45) is 0 Å². The fraction of sp³-hybridized carbons (Fsp3) is 0.0667. The lowest BCUT2D eigenvalue weighted by molar-refractivity contribution is -0.137. The maximum absolute atomic E-state index is 12.6. The lowest BCUT2D eigenvalue weighted by atomic mass is 10.2. The molecule has 0 aromatic heterocycles. The summed E-state index contributed by atoms with van der Waals surface area (Å²) in [5.74, 6) is -0.570. The molecule has 0 radical (unpaired) electrons. The minimum Gasteiger partial charge on any atom is -0.331 e. The Balaban J connectivity index is 2.07. The number of rotatable bonds is 2. The van der Waals surface area contributed by atoms with Crippen LogP contribution in [0.2, 0.25) is 15.1 Å². The summed E-state index contributed by atoms with van der Waals surface area (Å²) >= 11 is 22.3. The Bertz CT molecular complexity index is 843. The molecule has 0 spiro atoms. The SMILES string of the molecule is O=C(NC(=S)Nc1ccc(C(F)(F)F)cc1Cl)c1ccc(Cl)c(Cl)c1. The maximum atomic E-state index is 12.6. The van der Waals surface area contributed by atoms with E-state index >= 15 is 0 Å². The predicted molar refractivity (Wildman–Crippen MR) is 96.6 cm³/mol. The van der Waals surface area contributed by atoms with Crippen molar-refractivity contribution in [3.63, 3.8) is 0 Å². The molecule has 2 aromatic carbocycles. The molecule has 0 aliphatic rings. The van der Waals surface area contributed by atoms with Gasteiger partial charge in [0.25, 0.3) is 5.91 Å². The number of anilines is 1. The van der Waals surface area contributed by atoms with E-state index in [1.165, 1.54) is 18.2 Å². The van der Waals surface area contributed by atoms with E-state index in [1.807, 2.05) is 0 Å². The molecule has 10 heteroatoms. The first-order valence-electron chi connectivity index (χ1n) is 6.52. The third-order valence-electron chi connectivity index (χ3n) is 2.95. The van der Waals surface area contributed by atoms with E-state index in [0.717, 1.165) is 18.2 Å². The van der Waals surface area contributed by atoms with E-state index in [1.54, 1.807) is 0 Å². The van der Waals surface area contributed by atoms with Gasteiger partial charge in [0.1, 0.15) is 0 Å². The van der Waals surface area contributed by atoms with Gasteiger partial charge in [-0.1, -0.05) is 34.8 Å². The van der Waals surface area contributed by atoms with Crippen LogP contribution < -0.4 is 10.6 Å². The molecule has 2 aromatic rings. The second-order valence-electron chi connectivity index (χ2n) is 4.73.